The number of pyridine rings is 1. The first-order chi connectivity index (χ1) is 18.2. The molecule has 0 unspecified atom stereocenters. The lowest BCUT2D eigenvalue weighted by atomic mass is 9.93. The van der Waals surface area contributed by atoms with E-state index in [4.69, 9.17) is 24.5 Å². The molecule has 0 radical (unpaired) electrons. The molecule has 2 saturated heterocycles. The topological polar surface area (TPSA) is 129 Å². The van der Waals surface area contributed by atoms with Crippen molar-refractivity contribution in [1.29, 1.82) is 0 Å². The van der Waals surface area contributed by atoms with Gasteiger partial charge < -0.3 is 19.8 Å². The zero-order chi connectivity index (χ0) is 29.2. The minimum Gasteiger partial charge on any atom is -0.475 e. The molecule has 17 heteroatoms. The molecule has 0 bridgehead atoms. The number of ether oxygens (including phenoxy) is 1. The lowest BCUT2D eigenvalue weighted by Crippen LogP contribution is -2.47. The standard InChI is InChI=1S/C18H22FN5O.2C2HF3O2/c19-16-9-21-18(22-10-16)24-6-3-15-12-23(7-8-25-17(15)13-24)11-14-1-4-20-5-2-14;2*3-2(4,5)1(6)7/h1-2,4-5,9-10,15,17H,3,6-8,11-13H2;2*(H,6,7)/t15-,17-;;/m1../s1. The fraction of sp³-hybridized carbons (Fsp3) is 0.500. The molecule has 2 aliphatic heterocycles. The number of hydrogen-bond donors (Lipinski definition) is 2. The van der Waals surface area contributed by atoms with E-state index in [2.05, 4.69) is 36.9 Å². The molecule has 0 aliphatic carbocycles. The Hall–Kier alpha value is -3.60. The summed E-state index contributed by atoms with van der Waals surface area (Å²) in [5.41, 5.74) is 1.28. The fourth-order valence-corrected chi connectivity index (χ4v) is 3.66. The number of carboxylic acid groups (broad SMARTS) is 2. The monoisotopic (exact) mass is 571 g/mol. The highest BCUT2D eigenvalue weighted by Crippen LogP contribution is 2.26. The van der Waals surface area contributed by atoms with Crippen LogP contribution < -0.4 is 4.90 Å². The molecule has 2 atom stereocenters. The molecule has 216 valence electrons. The van der Waals surface area contributed by atoms with E-state index in [0.29, 0.717) is 11.9 Å². The molecule has 0 aromatic carbocycles. The molecular formula is C22H24F7N5O5. The van der Waals surface area contributed by atoms with E-state index in [-0.39, 0.29) is 6.10 Å². The Labute approximate surface area is 217 Å². The first-order valence-corrected chi connectivity index (χ1v) is 11.2. The van der Waals surface area contributed by atoms with Gasteiger partial charge in [0.25, 0.3) is 0 Å². The predicted octanol–water partition coefficient (Wildman–Crippen LogP) is 3.00. The Bertz CT molecular complexity index is 1030. The molecule has 10 nitrogen and oxygen atoms in total. The molecule has 2 aromatic rings. The highest BCUT2D eigenvalue weighted by Gasteiger charge is 2.39. The molecule has 39 heavy (non-hydrogen) atoms. The molecule has 0 spiro atoms. The average molecular weight is 571 g/mol. The van der Waals surface area contributed by atoms with Gasteiger partial charge in [-0.05, 0) is 24.1 Å². The normalized spacial score (nSPS) is 19.8. The molecule has 0 amide bonds. The molecular weight excluding hydrogens is 547 g/mol. The molecule has 4 rings (SSSR count). The van der Waals surface area contributed by atoms with Crippen molar-refractivity contribution in [3.8, 4) is 0 Å². The number of carbonyl (C=O) groups is 2. The van der Waals surface area contributed by atoms with Crippen LogP contribution in [0.2, 0.25) is 0 Å². The van der Waals surface area contributed by atoms with Crippen molar-refractivity contribution in [3.63, 3.8) is 0 Å². The predicted molar refractivity (Wildman–Crippen MR) is 119 cm³/mol. The number of alkyl halides is 6. The van der Waals surface area contributed by atoms with Gasteiger partial charge in [0.05, 0.1) is 25.1 Å². The summed E-state index contributed by atoms with van der Waals surface area (Å²) in [6.45, 7) is 5.26. The SMILES string of the molecule is Fc1cnc(N2CC[C@@H]3CN(Cc4ccncc4)CCO[C@@H]3C2)nc1.O=C(O)C(F)(F)F.O=C(O)C(F)(F)F. The Kier molecular flexibility index (Phi) is 11.3. The van der Waals surface area contributed by atoms with Gasteiger partial charge in [0, 0.05) is 51.0 Å². The van der Waals surface area contributed by atoms with Crippen molar-refractivity contribution in [1.82, 2.24) is 19.9 Å². The van der Waals surface area contributed by atoms with Gasteiger partial charge in [0.1, 0.15) is 0 Å². The lowest BCUT2D eigenvalue weighted by molar-refractivity contribution is -0.193. The maximum absolute atomic E-state index is 13.0. The van der Waals surface area contributed by atoms with E-state index in [9.17, 15) is 30.7 Å². The van der Waals surface area contributed by atoms with Gasteiger partial charge in [-0.3, -0.25) is 9.88 Å². The Morgan fingerprint density at radius 2 is 1.49 bits per heavy atom. The van der Waals surface area contributed by atoms with Crippen LogP contribution in [0.1, 0.15) is 12.0 Å². The van der Waals surface area contributed by atoms with Crippen LogP contribution in [-0.4, -0.2) is 93.2 Å². The van der Waals surface area contributed by atoms with E-state index in [1.165, 1.54) is 18.0 Å². The van der Waals surface area contributed by atoms with Crippen LogP contribution in [0.4, 0.5) is 36.7 Å². The summed E-state index contributed by atoms with van der Waals surface area (Å²) >= 11 is 0. The fourth-order valence-electron chi connectivity index (χ4n) is 3.66. The third kappa shape index (κ3) is 11.0. The zero-order valence-electron chi connectivity index (χ0n) is 20.1. The maximum atomic E-state index is 13.0. The highest BCUT2D eigenvalue weighted by molar-refractivity contribution is 5.73. The van der Waals surface area contributed by atoms with Crippen LogP contribution in [0.25, 0.3) is 0 Å². The summed E-state index contributed by atoms with van der Waals surface area (Å²) in [5, 5.41) is 14.2. The molecule has 2 aromatic heterocycles. The summed E-state index contributed by atoms with van der Waals surface area (Å²) in [6.07, 6.45) is -2.85. The van der Waals surface area contributed by atoms with Crippen LogP contribution in [0.3, 0.4) is 0 Å². The highest BCUT2D eigenvalue weighted by atomic mass is 19.4. The number of rotatable bonds is 3. The molecule has 2 N–H and O–H groups in total. The number of aliphatic carboxylic acids is 2. The van der Waals surface area contributed by atoms with E-state index in [0.717, 1.165) is 45.8 Å². The van der Waals surface area contributed by atoms with Crippen molar-refractivity contribution in [2.45, 2.75) is 31.4 Å². The second-order valence-corrected chi connectivity index (χ2v) is 8.30. The van der Waals surface area contributed by atoms with Crippen molar-refractivity contribution in [2.24, 2.45) is 5.92 Å². The maximum Gasteiger partial charge on any atom is 0.490 e. The van der Waals surface area contributed by atoms with Crippen molar-refractivity contribution >= 4 is 17.9 Å². The van der Waals surface area contributed by atoms with E-state index >= 15 is 0 Å². The number of aromatic nitrogens is 3. The van der Waals surface area contributed by atoms with Crippen LogP contribution in [0.15, 0.2) is 36.9 Å². The number of nitrogens with zero attached hydrogens (tertiary/aromatic N) is 5. The first-order valence-electron chi connectivity index (χ1n) is 11.2. The quantitative estimate of drug-likeness (QED) is 0.531. The third-order valence-corrected chi connectivity index (χ3v) is 5.46. The van der Waals surface area contributed by atoms with Crippen molar-refractivity contribution in [2.75, 3.05) is 37.7 Å². The van der Waals surface area contributed by atoms with Crippen LogP contribution in [-0.2, 0) is 20.9 Å². The Morgan fingerprint density at radius 3 is 2.00 bits per heavy atom. The number of fused-ring (bicyclic) bond motifs is 1. The van der Waals surface area contributed by atoms with E-state index in [1.807, 2.05) is 12.4 Å². The van der Waals surface area contributed by atoms with Gasteiger partial charge in [-0.25, -0.2) is 23.9 Å². The van der Waals surface area contributed by atoms with Crippen LogP contribution >= 0.6 is 0 Å². The Morgan fingerprint density at radius 1 is 0.949 bits per heavy atom. The summed E-state index contributed by atoms with van der Waals surface area (Å²) in [5.74, 6) is -4.83. The largest absolute Gasteiger partial charge is 0.490 e. The number of anilines is 1. The van der Waals surface area contributed by atoms with Gasteiger partial charge in [0.15, 0.2) is 5.82 Å². The summed E-state index contributed by atoms with van der Waals surface area (Å²) in [7, 11) is 0. The molecule has 2 aliphatic rings. The Balaban J connectivity index is 0.000000317. The number of piperidine rings is 1. The zero-order valence-corrected chi connectivity index (χ0v) is 20.1. The first kappa shape index (κ1) is 31.6. The average Bonchev–Trinajstić information content (AvgIpc) is 3.06. The number of carboxylic acids is 2. The molecule has 4 heterocycles. The van der Waals surface area contributed by atoms with Gasteiger partial charge >= 0.3 is 24.3 Å². The second kappa shape index (κ2) is 14.0. The van der Waals surface area contributed by atoms with Crippen molar-refractivity contribution in [3.05, 3.63) is 48.3 Å². The minimum atomic E-state index is -5.08. The number of hydrogen-bond acceptors (Lipinski definition) is 8. The van der Waals surface area contributed by atoms with E-state index < -0.39 is 30.1 Å². The summed E-state index contributed by atoms with van der Waals surface area (Å²) in [6, 6.07) is 4.13. The number of halogens is 7. The minimum absolute atomic E-state index is 0.171. The van der Waals surface area contributed by atoms with Gasteiger partial charge in [-0.15, -0.1) is 0 Å². The third-order valence-electron chi connectivity index (χ3n) is 5.46. The van der Waals surface area contributed by atoms with Gasteiger partial charge in [0.2, 0.25) is 5.95 Å². The smallest absolute Gasteiger partial charge is 0.475 e. The van der Waals surface area contributed by atoms with E-state index in [1.54, 1.807) is 0 Å². The lowest BCUT2D eigenvalue weighted by Gasteiger charge is -2.38. The molecule has 0 saturated carbocycles. The summed E-state index contributed by atoms with van der Waals surface area (Å²) in [4.78, 5) is 34.6. The van der Waals surface area contributed by atoms with Crippen molar-refractivity contribution < 1.29 is 55.3 Å². The molecule has 2 fully saturated rings. The van der Waals surface area contributed by atoms with Crippen LogP contribution in [0, 0.1) is 11.7 Å². The van der Waals surface area contributed by atoms with Gasteiger partial charge in [-0.1, -0.05) is 0 Å². The second-order valence-electron chi connectivity index (χ2n) is 8.30. The van der Waals surface area contributed by atoms with Crippen LogP contribution in [0.5, 0.6) is 0 Å². The van der Waals surface area contributed by atoms with Gasteiger partial charge in [-0.2, -0.15) is 26.3 Å². The summed E-state index contributed by atoms with van der Waals surface area (Å²) < 4.78 is 82.6.